The topological polar surface area (TPSA) is 9.86 Å². The molecule has 2 heterocycles. The first-order valence-corrected chi connectivity index (χ1v) is 21.7. The van der Waals surface area contributed by atoms with Gasteiger partial charge >= 0.3 is 0 Å². The van der Waals surface area contributed by atoms with Gasteiger partial charge in [0.1, 0.15) is 0 Å². The smallest absolute Gasteiger partial charge is 0.180 e. The predicted octanol–water partition coefficient (Wildman–Crippen LogP) is 10.9. The molecule has 0 spiro atoms. The molecule has 0 atom stereocenters. The van der Waals surface area contributed by atoms with Gasteiger partial charge in [-0.15, -0.1) is 0 Å². The molecule has 0 aliphatic carbocycles. The van der Waals surface area contributed by atoms with E-state index in [1.54, 1.807) is 0 Å². The molecule has 9 aromatic carbocycles. The van der Waals surface area contributed by atoms with Gasteiger partial charge in [0, 0.05) is 27.2 Å². The Balaban J connectivity index is 1.27. The molecule has 2 nitrogen and oxygen atoms in total. The quantitative estimate of drug-likeness (QED) is 0.114. The third kappa shape index (κ3) is 5.10. The summed E-state index contributed by atoms with van der Waals surface area (Å²) in [5, 5.41) is 10.5. The number of nitrogens with zero attached hydrogens (tertiary/aromatic N) is 2. The number of aromatic nitrogens is 2. The maximum Gasteiger partial charge on any atom is 0.180 e. The number of rotatable bonds is 7. The molecule has 57 heavy (non-hydrogen) atoms. The van der Waals surface area contributed by atoms with Crippen molar-refractivity contribution in [3.05, 3.63) is 231 Å². The number of para-hydroxylation sites is 4. The Labute approximate surface area is 333 Å². The summed E-state index contributed by atoms with van der Waals surface area (Å²) < 4.78 is 4.98. The zero-order chi connectivity index (χ0) is 37.8. The van der Waals surface area contributed by atoms with E-state index in [4.69, 9.17) is 0 Å². The Morgan fingerprint density at radius 2 is 0.772 bits per heavy atom. The van der Waals surface area contributed by atoms with E-state index in [9.17, 15) is 0 Å². The van der Waals surface area contributed by atoms with Crippen molar-refractivity contribution in [2.45, 2.75) is 0 Å². The zero-order valence-electron chi connectivity index (χ0n) is 31.3. The van der Waals surface area contributed by atoms with Crippen LogP contribution in [0.5, 0.6) is 0 Å². The number of benzene rings is 9. The fourth-order valence-electron chi connectivity index (χ4n) is 9.50. The Hall–Kier alpha value is -7.20. The van der Waals surface area contributed by atoms with Gasteiger partial charge in [0.25, 0.3) is 0 Å². The SMILES string of the molecule is c1ccc(-c2ccc([Si](c3ccccc3)(c3ccccc3)c3cccc4c3c3ccccc3n4-c3cccc4c5ccccc5n(-c5ccccc5)c34)cc2)cc1. The largest absolute Gasteiger partial charge is 0.307 e. The minimum Gasteiger partial charge on any atom is -0.307 e. The molecule has 0 saturated carbocycles. The molecular weight excluding hydrogens is 705 g/mol. The van der Waals surface area contributed by atoms with Gasteiger partial charge in [-0.2, -0.15) is 0 Å². The normalized spacial score (nSPS) is 11.9. The van der Waals surface area contributed by atoms with Crippen molar-refractivity contribution < 1.29 is 0 Å². The van der Waals surface area contributed by atoms with Gasteiger partial charge in [0.15, 0.2) is 8.07 Å². The van der Waals surface area contributed by atoms with E-state index >= 15 is 0 Å². The lowest BCUT2D eigenvalue weighted by Gasteiger charge is -2.35. The van der Waals surface area contributed by atoms with Gasteiger partial charge in [0.05, 0.1) is 27.8 Å². The second kappa shape index (κ2) is 13.5. The molecule has 0 aliphatic rings. The molecule has 11 rings (SSSR count). The van der Waals surface area contributed by atoms with Crippen molar-refractivity contribution in [2.75, 3.05) is 0 Å². The van der Waals surface area contributed by atoms with Crippen LogP contribution in [0.15, 0.2) is 231 Å². The van der Waals surface area contributed by atoms with Crippen LogP contribution in [0, 0.1) is 0 Å². The van der Waals surface area contributed by atoms with Gasteiger partial charge in [-0.1, -0.05) is 194 Å². The first-order valence-electron chi connectivity index (χ1n) is 19.7. The Kier molecular flexibility index (Phi) is 7.87. The number of hydrogen-bond donors (Lipinski definition) is 0. The van der Waals surface area contributed by atoms with Crippen LogP contribution in [0.4, 0.5) is 0 Å². The monoisotopic (exact) mass is 742 g/mol. The molecular formula is C54H38N2Si. The van der Waals surface area contributed by atoms with E-state index in [0.29, 0.717) is 0 Å². The number of fused-ring (bicyclic) bond motifs is 6. The van der Waals surface area contributed by atoms with E-state index in [0.717, 1.165) is 11.4 Å². The molecule has 268 valence electrons. The van der Waals surface area contributed by atoms with E-state index < -0.39 is 8.07 Å². The molecule has 3 heteroatoms. The van der Waals surface area contributed by atoms with Crippen LogP contribution in [-0.4, -0.2) is 17.2 Å². The third-order valence-corrected chi connectivity index (χ3v) is 16.7. The lowest BCUT2D eigenvalue weighted by molar-refractivity contribution is 1.13. The van der Waals surface area contributed by atoms with Crippen LogP contribution in [0.1, 0.15) is 0 Å². The summed E-state index contributed by atoms with van der Waals surface area (Å²) in [6.07, 6.45) is 0. The maximum atomic E-state index is 2.53. The van der Waals surface area contributed by atoms with Gasteiger partial charge < -0.3 is 9.13 Å². The summed E-state index contributed by atoms with van der Waals surface area (Å²) in [6, 6.07) is 85.3. The average Bonchev–Trinajstić information content (AvgIpc) is 3.82. The van der Waals surface area contributed by atoms with Gasteiger partial charge in [-0.3, -0.25) is 0 Å². The molecule has 0 radical (unpaired) electrons. The van der Waals surface area contributed by atoms with Gasteiger partial charge in [0.2, 0.25) is 0 Å². The number of hydrogen-bond acceptors (Lipinski definition) is 0. The highest BCUT2D eigenvalue weighted by Crippen LogP contribution is 2.39. The highest BCUT2D eigenvalue weighted by Gasteiger charge is 2.43. The average molecular weight is 743 g/mol. The van der Waals surface area contributed by atoms with E-state index in [1.807, 2.05) is 0 Å². The molecule has 0 saturated heterocycles. The lowest BCUT2D eigenvalue weighted by Crippen LogP contribution is -2.74. The van der Waals surface area contributed by atoms with Gasteiger partial charge in [-0.25, -0.2) is 0 Å². The van der Waals surface area contributed by atoms with Crippen molar-refractivity contribution in [1.82, 2.24) is 9.13 Å². The Morgan fingerprint density at radius 3 is 1.44 bits per heavy atom. The van der Waals surface area contributed by atoms with Crippen LogP contribution in [0.25, 0.3) is 66.1 Å². The lowest BCUT2D eigenvalue weighted by atomic mass is 10.1. The van der Waals surface area contributed by atoms with Crippen molar-refractivity contribution in [3.63, 3.8) is 0 Å². The summed E-state index contributed by atoms with van der Waals surface area (Å²) in [6.45, 7) is 0. The van der Waals surface area contributed by atoms with E-state index in [-0.39, 0.29) is 0 Å². The molecule has 0 bridgehead atoms. The fourth-order valence-corrected chi connectivity index (χ4v) is 14.5. The minimum atomic E-state index is -2.96. The Morgan fingerprint density at radius 1 is 0.298 bits per heavy atom. The van der Waals surface area contributed by atoms with Crippen molar-refractivity contribution >= 4 is 72.4 Å². The molecule has 11 aromatic rings. The minimum absolute atomic E-state index is 1.15. The molecule has 2 aromatic heterocycles. The second-order valence-corrected chi connectivity index (χ2v) is 18.6. The molecule has 0 fully saturated rings. The summed E-state index contributed by atoms with van der Waals surface area (Å²) in [7, 11) is -2.96. The van der Waals surface area contributed by atoms with Crippen LogP contribution in [-0.2, 0) is 0 Å². The van der Waals surface area contributed by atoms with Crippen LogP contribution in [0.2, 0.25) is 0 Å². The Bertz CT molecular complexity index is 3160. The fraction of sp³-hybridized carbons (Fsp3) is 0. The zero-order valence-corrected chi connectivity index (χ0v) is 32.3. The van der Waals surface area contributed by atoms with Crippen LogP contribution in [0.3, 0.4) is 0 Å². The van der Waals surface area contributed by atoms with E-state index in [1.165, 1.54) is 75.5 Å². The molecule has 0 aliphatic heterocycles. The van der Waals surface area contributed by atoms with Crippen molar-refractivity contribution in [1.29, 1.82) is 0 Å². The predicted molar refractivity (Wildman–Crippen MR) is 244 cm³/mol. The first-order chi connectivity index (χ1) is 28.3. The first kappa shape index (κ1) is 33.2. The summed E-state index contributed by atoms with van der Waals surface area (Å²) >= 11 is 0. The molecule has 0 N–H and O–H groups in total. The van der Waals surface area contributed by atoms with Crippen LogP contribution < -0.4 is 20.7 Å². The van der Waals surface area contributed by atoms with Crippen molar-refractivity contribution in [3.8, 4) is 22.5 Å². The summed E-state index contributed by atoms with van der Waals surface area (Å²) in [5.74, 6) is 0. The van der Waals surface area contributed by atoms with Crippen LogP contribution >= 0.6 is 0 Å². The van der Waals surface area contributed by atoms with Gasteiger partial charge in [-0.05, 0) is 68.3 Å². The van der Waals surface area contributed by atoms with Crippen molar-refractivity contribution in [2.24, 2.45) is 0 Å². The molecule has 0 unspecified atom stereocenters. The highest BCUT2D eigenvalue weighted by atomic mass is 28.3. The third-order valence-electron chi connectivity index (χ3n) is 11.9. The maximum absolute atomic E-state index is 2.96. The highest BCUT2D eigenvalue weighted by molar-refractivity contribution is 7.20. The standard InChI is InChI=1S/C54H38N2Si/c1-5-19-39(20-6-1)40-35-37-44(38-36-40)57(42-23-9-3-10-24-42,43-25-11-4-12-26-43)52-34-18-32-50-53(52)47-28-14-16-31-49(47)56(50)51-33-17-29-46-45-27-13-15-30-48(45)55(54(46)51)41-21-7-2-8-22-41/h1-38H. The van der Waals surface area contributed by atoms with E-state index in [2.05, 4.69) is 240 Å². The second-order valence-electron chi connectivity index (χ2n) is 14.8. The summed E-state index contributed by atoms with van der Waals surface area (Å²) in [4.78, 5) is 0. The molecule has 0 amide bonds. The summed E-state index contributed by atoms with van der Waals surface area (Å²) in [5.41, 5.74) is 9.56.